The lowest BCUT2D eigenvalue weighted by molar-refractivity contribution is 0.532. The normalized spacial score (nSPS) is 11.2. The molecule has 5 heterocycles. The van der Waals surface area contributed by atoms with Gasteiger partial charge < -0.3 is 4.42 Å². The molecule has 0 saturated carbocycles. The van der Waals surface area contributed by atoms with Crippen LogP contribution in [0.5, 0.6) is 0 Å². The molecule has 0 spiro atoms. The van der Waals surface area contributed by atoms with Gasteiger partial charge in [0, 0.05) is 72.1 Å². The molecular weight excluding hydrogens is 398 g/mol. The van der Waals surface area contributed by atoms with Gasteiger partial charge in [-0.1, -0.05) is 0 Å². The van der Waals surface area contributed by atoms with E-state index in [1.807, 2.05) is 50.1 Å². The Kier molecular flexibility index (Phi) is 4.44. The Bertz CT molecular complexity index is 1350. The number of aryl methyl sites for hydroxylation is 3. The molecule has 0 aliphatic heterocycles. The Morgan fingerprint density at radius 2 is 1.80 bits per heavy atom. The fourth-order valence-corrected chi connectivity index (χ4v) is 4.03. The van der Waals surface area contributed by atoms with Crippen molar-refractivity contribution in [2.75, 3.05) is 0 Å². The number of thiazole rings is 1. The highest BCUT2D eigenvalue weighted by Crippen LogP contribution is 2.36. The summed E-state index contributed by atoms with van der Waals surface area (Å²) in [7, 11) is 1.89. The summed E-state index contributed by atoms with van der Waals surface area (Å²) in [5.74, 6) is 0.954. The van der Waals surface area contributed by atoms with Gasteiger partial charge in [-0.3, -0.25) is 14.6 Å². The van der Waals surface area contributed by atoms with E-state index < -0.39 is 0 Å². The highest BCUT2D eigenvalue weighted by Gasteiger charge is 2.16. The SMILES string of the molecule is Cc1cc(-c2nc(-c3cnn(C)c3)cs2)c(-c2cncc(-c3nnc(C)o3)c2)cn1. The average Bonchev–Trinajstić information content (AvgIpc) is 3.49. The molecule has 0 atom stereocenters. The summed E-state index contributed by atoms with van der Waals surface area (Å²) in [5, 5.41) is 15.2. The molecule has 5 rings (SSSR count). The summed E-state index contributed by atoms with van der Waals surface area (Å²) >= 11 is 1.59. The second kappa shape index (κ2) is 7.27. The number of nitrogens with zero attached hydrogens (tertiary/aromatic N) is 7. The Balaban J connectivity index is 1.59. The van der Waals surface area contributed by atoms with Crippen LogP contribution in [0.2, 0.25) is 0 Å². The van der Waals surface area contributed by atoms with Crippen molar-refractivity contribution in [3.05, 3.63) is 60.1 Å². The van der Waals surface area contributed by atoms with Crippen LogP contribution >= 0.6 is 11.3 Å². The van der Waals surface area contributed by atoms with Gasteiger partial charge in [-0.25, -0.2) is 4.98 Å². The number of rotatable bonds is 4. The minimum atomic E-state index is 0.441. The topological polar surface area (TPSA) is 95.4 Å². The van der Waals surface area contributed by atoms with Crippen molar-refractivity contribution in [2.24, 2.45) is 7.05 Å². The maximum absolute atomic E-state index is 5.55. The summed E-state index contributed by atoms with van der Waals surface area (Å²) in [6, 6.07) is 4.02. The summed E-state index contributed by atoms with van der Waals surface area (Å²) < 4.78 is 7.32. The van der Waals surface area contributed by atoms with Crippen LogP contribution in [-0.4, -0.2) is 34.9 Å². The molecule has 0 aliphatic carbocycles. The third-order valence-electron chi connectivity index (χ3n) is 4.60. The van der Waals surface area contributed by atoms with Gasteiger partial charge in [-0.15, -0.1) is 21.5 Å². The van der Waals surface area contributed by atoms with E-state index in [1.54, 1.807) is 35.3 Å². The minimum absolute atomic E-state index is 0.441. The van der Waals surface area contributed by atoms with E-state index in [0.29, 0.717) is 11.8 Å². The van der Waals surface area contributed by atoms with Gasteiger partial charge in [-0.05, 0) is 19.1 Å². The van der Waals surface area contributed by atoms with E-state index in [0.717, 1.165) is 44.2 Å². The van der Waals surface area contributed by atoms with E-state index >= 15 is 0 Å². The fraction of sp³-hybridized carbons (Fsp3) is 0.143. The quantitative estimate of drug-likeness (QED) is 0.431. The lowest BCUT2D eigenvalue weighted by Gasteiger charge is -2.09. The zero-order chi connectivity index (χ0) is 20.7. The van der Waals surface area contributed by atoms with E-state index in [1.165, 1.54) is 0 Å². The molecule has 0 radical (unpaired) electrons. The molecule has 0 aliphatic rings. The predicted octanol–water partition coefficient (Wildman–Crippen LogP) is 4.33. The van der Waals surface area contributed by atoms with Crippen molar-refractivity contribution < 1.29 is 4.42 Å². The van der Waals surface area contributed by atoms with Crippen LogP contribution in [0.25, 0.3) is 44.4 Å². The maximum atomic E-state index is 5.55. The number of hydrogen-bond acceptors (Lipinski definition) is 8. The summed E-state index contributed by atoms with van der Waals surface area (Å²) in [4.78, 5) is 13.7. The first kappa shape index (κ1) is 18.3. The van der Waals surface area contributed by atoms with Crippen LogP contribution in [0.1, 0.15) is 11.6 Å². The fourth-order valence-electron chi connectivity index (χ4n) is 3.17. The largest absolute Gasteiger partial charge is 0.421 e. The van der Waals surface area contributed by atoms with Crippen molar-refractivity contribution in [2.45, 2.75) is 13.8 Å². The first-order valence-electron chi connectivity index (χ1n) is 9.24. The molecule has 30 heavy (non-hydrogen) atoms. The molecule has 0 N–H and O–H groups in total. The van der Waals surface area contributed by atoms with E-state index in [-0.39, 0.29) is 0 Å². The summed E-state index contributed by atoms with van der Waals surface area (Å²) in [5.41, 5.74) is 6.42. The first-order valence-corrected chi connectivity index (χ1v) is 10.1. The minimum Gasteiger partial charge on any atom is -0.421 e. The molecular formula is C21H17N7OS. The van der Waals surface area contributed by atoms with Crippen molar-refractivity contribution in [3.63, 3.8) is 0 Å². The second-order valence-electron chi connectivity index (χ2n) is 6.90. The van der Waals surface area contributed by atoms with Crippen molar-refractivity contribution in [3.8, 4) is 44.4 Å². The van der Waals surface area contributed by atoms with Crippen LogP contribution in [0.15, 0.2) is 52.9 Å². The van der Waals surface area contributed by atoms with Crippen molar-refractivity contribution >= 4 is 11.3 Å². The summed E-state index contributed by atoms with van der Waals surface area (Å²) in [6.45, 7) is 3.73. The monoisotopic (exact) mass is 415 g/mol. The van der Waals surface area contributed by atoms with Crippen LogP contribution in [0, 0.1) is 13.8 Å². The zero-order valence-corrected chi connectivity index (χ0v) is 17.4. The van der Waals surface area contributed by atoms with Gasteiger partial charge in [0.2, 0.25) is 11.8 Å². The molecule has 0 unspecified atom stereocenters. The van der Waals surface area contributed by atoms with Crippen LogP contribution in [0.3, 0.4) is 0 Å². The number of pyridine rings is 2. The maximum Gasteiger partial charge on any atom is 0.249 e. The smallest absolute Gasteiger partial charge is 0.249 e. The molecule has 148 valence electrons. The molecule has 0 saturated heterocycles. The lowest BCUT2D eigenvalue weighted by Crippen LogP contribution is -1.91. The standard InChI is InChI=1S/C21H17N7OS/c1-12-4-17(21-25-19(11-30-21)16-8-24-28(3)10-16)18(9-23-12)14-5-15(7-22-6-14)20-27-26-13(2)29-20/h4-11H,1-3H3. The average molecular weight is 415 g/mol. The van der Waals surface area contributed by atoms with Crippen LogP contribution in [-0.2, 0) is 7.05 Å². The van der Waals surface area contributed by atoms with E-state index in [9.17, 15) is 0 Å². The van der Waals surface area contributed by atoms with E-state index in [2.05, 4.69) is 25.3 Å². The highest BCUT2D eigenvalue weighted by molar-refractivity contribution is 7.13. The molecule has 0 bridgehead atoms. The molecule has 9 heteroatoms. The Morgan fingerprint density at radius 1 is 0.933 bits per heavy atom. The third-order valence-corrected chi connectivity index (χ3v) is 5.47. The Hall–Kier alpha value is -3.72. The summed E-state index contributed by atoms with van der Waals surface area (Å²) in [6.07, 6.45) is 9.14. The molecule has 0 amide bonds. The van der Waals surface area contributed by atoms with Gasteiger partial charge in [0.1, 0.15) is 5.01 Å². The van der Waals surface area contributed by atoms with Gasteiger partial charge in [0.15, 0.2) is 0 Å². The van der Waals surface area contributed by atoms with Crippen LogP contribution < -0.4 is 0 Å². The molecule has 0 aromatic carbocycles. The zero-order valence-electron chi connectivity index (χ0n) is 16.6. The molecule has 0 fully saturated rings. The number of aromatic nitrogens is 7. The Labute approximate surface area is 176 Å². The lowest BCUT2D eigenvalue weighted by atomic mass is 10.0. The number of hydrogen-bond donors (Lipinski definition) is 0. The Morgan fingerprint density at radius 3 is 2.57 bits per heavy atom. The van der Waals surface area contributed by atoms with Crippen molar-refractivity contribution in [1.82, 2.24) is 34.9 Å². The van der Waals surface area contributed by atoms with Gasteiger partial charge in [0.05, 0.1) is 17.5 Å². The first-order chi connectivity index (χ1) is 14.6. The predicted molar refractivity (Wildman–Crippen MR) is 114 cm³/mol. The molecule has 8 nitrogen and oxygen atoms in total. The van der Waals surface area contributed by atoms with Gasteiger partial charge in [-0.2, -0.15) is 5.10 Å². The highest BCUT2D eigenvalue weighted by atomic mass is 32.1. The van der Waals surface area contributed by atoms with Crippen molar-refractivity contribution in [1.29, 1.82) is 0 Å². The third kappa shape index (κ3) is 3.39. The van der Waals surface area contributed by atoms with Gasteiger partial charge in [0.25, 0.3) is 0 Å². The van der Waals surface area contributed by atoms with Crippen LogP contribution in [0.4, 0.5) is 0 Å². The molecule has 5 aromatic rings. The molecule has 5 aromatic heterocycles. The second-order valence-corrected chi connectivity index (χ2v) is 7.76. The van der Waals surface area contributed by atoms with Gasteiger partial charge >= 0.3 is 0 Å². The van der Waals surface area contributed by atoms with E-state index in [4.69, 9.17) is 9.40 Å².